The Labute approximate surface area is 150 Å². The molecule has 0 aliphatic heterocycles. The van der Waals surface area contributed by atoms with Crippen LogP contribution in [-0.2, 0) is 23.1 Å². The summed E-state index contributed by atoms with van der Waals surface area (Å²) >= 11 is 0. The summed E-state index contributed by atoms with van der Waals surface area (Å²) in [6.45, 7) is 10.1. The van der Waals surface area contributed by atoms with E-state index in [2.05, 4.69) is 21.7 Å². The molecule has 0 fully saturated rings. The van der Waals surface area contributed by atoms with Gasteiger partial charge < -0.3 is 5.32 Å². The molecule has 0 aliphatic rings. The van der Waals surface area contributed by atoms with Gasteiger partial charge in [0, 0.05) is 24.8 Å². The summed E-state index contributed by atoms with van der Waals surface area (Å²) in [5.41, 5.74) is 3.17. The summed E-state index contributed by atoms with van der Waals surface area (Å²) < 4.78 is 28.8. The van der Waals surface area contributed by atoms with E-state index >= 15 is 0 Å². The van der Waals surface area contributed by atoms with Crippen LogP contribution >= 0.6 is 0 Å². The van der Waals surface area contributed by atoms with E-state index in [1.807, 2.05) is 30.8 Å². The predicted molar refractivity (Wildman–Crippen MR) is 99.9 cm³/mol. The van der Waals surface area contributed by atoms with Gasteiger partial charge in [0.05, 0.1) is 17.1 Å². The Balaban J connectivity index is 1.71. The van der Waals surface area contributed by atoms with Crippen LogP contribution in [0.2, 0.25) is 0 Å². The number of allylic oxidation sites excluding steroid dienone is 1. The standard InChI is InChI=1S/C18H26N4O2S/c1-4-12-22-14-17(16(3)21-22)13-19-10-5-11-20-25(23,24)18-8-6-15(2)7-9-18/h4,6-9,14,19-20H,1,5,10-13H2,2-3H3. The minimum atomic E-state index is -3.43. The van der Waals surface area contributed by atoms with Gasteiger partial charge in [0.25, 0.3) is 0 Å². The van der Waals surface area contributed by atoms with Crippen LogP contribution in [0.25, 0.3) is 0 Å². The minimum Gasteiger partial charge on any atom is -0.312 e. The van der Waals surface area contributed by atoms with E-state index in [0.29, 0.717) is 31.0 Å². The molecule has 2 N–H and O–H groups in total. The zero-order chi connectivity index (χ0) is 18.3. The third kappa shape index (κ3) is 5.81. The highest BCUT2D eigenvalue weighted by Gasteiger charge is 2.12. The first-order valence-electron chi connectivity index (χ1n) is 8.33. The molecular formula is C18H26N4O2S. The van der Waals surface area contributed by atoms with Crippen molar-refractivity contribution in [2.45, 2.75) is 38.3 Å². The molecule has 2 rings (SSSR count). The number of benzene rings is 1. The van der Waals surface area contributed by atoms with Gasteiger partial charge in [-0.05, 0) is 38.9 Å². The Morgan fingerprint density at radius 3 is 2.60 bits per heavy atom. The normalized spacial score (nSPS) is 11.6. The number of nitrogens with one attached hydrogen (secondary N) is 2. The van der Waals surface area contributed by atoms with E-state index < -0.39 is 10.0 Å². The monoisotopic (exact) mass is 362 g/mol. The van der Waals surface area contributed by atoms with E-state index in [-0.39, 0.29) is 0 Å². The fourth-order valence-corrected chi connectivity index (χ4v) is 3.48. The lowest BCUT2D eigenvalue weighted by Gasteiger charge is -2.08. The summed E-state index contributed by atoms with van der Waals surface area (Å²) in [6.07, 6.45) is 4.53. The van der Waals surface area contributed by atoms with Crippen LogP contribution in [0.5, 0.6) is 0 Å². The maximum Gasteiger partial charge on any atom is 0.240 e. The number of aromatic nitrogens is 2. The maximum absolute atomic E-state index is 12.2. The molecule has 0 spiro atoms. The molecule has 6 nitrogen and oxygen atoms in total. The van der Waals surface area contributed by atoms with Crippen molar-refractivity contribution in [1.82, 2.24) is 19.8 Å². The minimum absolute atomic E-state index is 0.302. The summed E-state index contributed by atoms with van der Waals surface area (Å²) in [7, 11) is -3.43. The lowest BCUT2D eigenvalue weighted by molar-refractivity contribution is 0.573. The molecule has 1 heterocycles. The second kappa shape index (κ2) is 8.94. The number of hydrogen-bond donors (Lipinski definition) is 2. The Morgan fingerprint density at radius 2 is 1.92 bits per heavy atom. The van der Waals surface area contributed by atoms with Gasteiger partial charge >= 0.3 is 0 Å². The van der Waals surface area contributed by atoms with E-state index in [1.165, 1.54) is 0 Å². The maximum atomic E-state index is 12.2. The quantitative estimate of drug-likeness (QED) is 0.502. The van der Waals surface area contributed by atoms with E-state index in [4.69, 9.17) is 0 Å². The van der Waals surface area contributed by atoms with Gasteiger partial charge in [0.1, 0.15) is 0 Å². The molecular weight excluding hydrogens is 336 g/mol. The number of sulfonamides is 1. The molecule has 25 heavy (non-hydrogen) atoms. The summed E-state index contributed by atoms with van der Waals surface area (Å²) in [5.74, 6) is 0. The van der Waals surface area contributed by atoms with Crippen LogP contribution in [0.15, 0.2) is 48.0 Å². The number of nitrogens with zero attached hydrogens (tertiary/aromatic N) is 2. The second-order valence-corrected chi connectivity index (χ2v) is 7.76. The van der Waals surface area contributed by atoms with Crippen molar-refractivity contribution in [3.8, 4) is 0 Å². The molecule has 136 valence electrons. The van der Waals surface area contributed by atoms with Crippen LogP contribution in [-0.4, -0.2) is 31.3 Å². The van der Waals surface area contributed by atoms with Crippen molar-refractivity contribution >= 4 is 10.0 Å². The van der Waals surface area contributed by atoms with Gasteiger partial charge in [0.15, 0.2) is 0 Å². The molecule has 0 radical (unpaired) electrons. The van der Waals surface area contributed by atoms with E-state index in [0.717, 1.165) is 23.4 Å². The molecule has 0 bridgehead atoms. The van der Waals surface area contributed by atoms with Gasteiger partial charge in [-0.1, -0.05) is 23.8 Å². The Kier molecular flexibility index (Phi) is 6.92. The Hall–Kier alpha value is -1.96. The topological polar surface area (TPSA) is 76.0 Å². The zero-order valence-corrected chi connectivity index (χ0v) is 15.6. The van der Waals surface area contributed by atoms with Crippen molar-refractivity contribution in [2.24, 2.45) is 0 Å². The molecule has 1 aromatic heterocycles. The first kappa shape index (κ1) is 19.4. The molecule has 0 saturated heterocycles. The molecule has 0 atom stereocenters. The fourth-order valence-electron chi connectivity index (χ4n) is 2.40. The van der Waals surface area contributed by atoms with Gasteiger partial charge in [-0.2, -0.15) is 5.10 Å². The van der Waals surface area contributed by atoms with Gasteiger partial charge in [-0.15, -0.1) is 6.58 Å². The highest BCUT2D eigenvalue weighted by Crippen LogP contribution is 2.09. The SMILES string of the molecule is C=CCn1cc(CNCCCNS(=O)(=O)c2ccc(C)cc2)c(C)n1. The lowest BCUT2D eigenvalue weighted by atomic mass is 10.2. The molecule has 7 heteroatoms. The first-order valence-corrected chi connectivity index (χ1v) is 9.81. The molecule has 0 amide bonds. The summed E-state index contributed by atoms with van der Waals surface area (Å²) in [4.78, 5) is 0.302. The van der Waals surface area contributed by atoms with Crippen molar-refractivity contribution in [3.63, 3.8) is 0 Å². The Morgan fingerprint density at radius 1 is 1.20 bits per heavy atom. The van der Waals surface area contributed by atoms with Crippen LogP contribution in [0.3, 0.4) is 0 Å². The fraction of sp³-hybridized carbons (Fsp3) is 0.389. The highest BCUT2D eigenvalue weighted by atomic mass is 32.2. The molecule has 2 aromatic rings. The molecule has 0 aliphatic carbocycles. The van der Waals surface area contributed by atoms with Gasteiger partial charge in [-0.25, -0.2) is 13.1 Å². The van der Waals surface area contributed by atoms with Gasteiger partial charge in [0.2, 0.25) is 10.0 Å². The molecule has 0 unspecified atom stereocenters. The molecule has 1 aromatic carbocycles. The third-order valence-corrected chi connectivity index (χ3v) is 5.31. The van der Waals surface area contributed by atoms with Crippen LogP contribution in [0.4, 0.5) is 0 Å². The summed E-state index contributed by atoms with van der Waals surface area (Å²) in [6, 6.07) is 6.84. The highest BCUT2D eigenvalue weighted by molar-refractivity contribution is 7.89. The van der Waals surface area contributed by atoms with Crippen molar-refractivity contribution in [2.75, 3.05) is 13.1 Å². The average Bonchev–Trinajstić information content (AvgIpc) is 2.91. The van der Waals surface area contributed by atoms with Crippen molar-refractivity contribution < 1.29 is 8.42 Å². The summed E-state index contributed by atoms with van der Waals surface area (Å²) in [5, 5.41) is 7.72. The molecule has 0 saturated carbocycles. The average molecular weight is 362 g/mol. The van der Waals surface area contributed by atoms with Crippen LogP contribution < -0.4 is 10.0 Å². The van der Waals surface area contributed by atoms with Crippen molar-refractivity contribution in [1.29, 1.82) is 0 Å². The predicted octanol–water partition coefficient (Wildman–Crippen LogP) is 2.14. The lowest BCUT2D eigenvalue weighted by Crippen LogP contribution is -2.27. The van der Waals surface area contributed by atoms with E-state index in [9.17, 15) is 8.42 Å². The largest absolute Gasteiger partial charge is 0.312 e. The second-order valence-electron chi connectivity index (χ2n) is 5.99. The van der Waals surface area contributed by atoms with Crippen LogP contribution in [0.1, 0.15) is 23.2 Å². The smallest absolute Gasteiger partial charge is 0.240 e. The van der Waals surface area contributed by atoms with Crippen LogP contribution in [0, 0.1) is 13.8 Å². The number of rotatable bonds is 10. The first-order chi connectivity index (χ1) is 11.9. The number of hydrogen-bond acceptors (Lipinski definition) is 4. The zero-order valence-electron chi connectivity index (χ0n) is 14.8. The third-order valence-electron chi connectivity index (χ3n) is 3.83. The van der Waals surface area contributed by atoms with Crippen molar-refractivity contribution in [3.05, 3.63) is 59.9 Å². The number of aryl methyl sites for hydroxylation is 2. The van der Waals surface area contributed by atoms with E-state index in [1.54, 1.807) is 24.3 Å². The Bertz CT molecular complexity index is 795. The van der Waals surface area contributed by atoms with Gasteiger partial charge in [-0.3, -0.25) is 4.68 Å².